The number of pyridine rings is 1. The zero-order valence-corrected chi connectivity index (χ0v) is 20.6. The van der Waals surface area contributed by atoms with E-state index in [1.165, 1.54) is 17.0 Å². The van der Waals surface area contributed by atoms with Crippen molar-refractivity contribution in [3.8, 4) is 17.1 Å². The molecule has 5 heteroatoms. The first-order valence-corrected chi connectivity index (χ1v) is 13.1. The molecule has 3 heterocycles. The first-order chi connectivity index (χ1) is 17.7. The molecule has 2 fully saturated rings. The van der Waals surface area contributed by atoms with Gasteiger partial charge in [-0.05, 0) is 55.0 Å². The number of nitrogens with zero attached hydrogens (tertiary/aromatic N) is 3. The Morgan fingerprint density at radius 2 is 1.56 bits per heavy atom. The summed E-state index contributed by atoms with van der Waals surface area (Å²) >= 11 is 0. The largest absolute Gasteiger partial charge is 0.347 e. The predicted molar refractivity (Wildman–Crippen MR) is 139 cm³/mol. The Labute approximate surface area is 212 Å². The Kier molecular flexibility index (Phi) is 5.12. The normalized spacial score (nSPS) is 26.5. The minimum Gasteiger partial charge on any atom is -0.347 e. The van der Waals surface area contributed by atoms with Gasteiger partial charge in [0.1, 0.15) is 5.82 Å². The number of fused-ring (bicyclic) bond motifs is 3. The van der Waals surface area contributed by atoms with Crippen LogP contribution in [0.4, 0.5) is 0 Å². The van der Waals surface area contributed by atoms with Crippen LogP contribution >= 0.6 is 0 Å². The van der Waals surface area contributed by atoms with Crippen molar-refractivity contribution in [3.63, 3.8) is 0 Å². The molecule has 1 spiro atoms. The number of ether oxygens (including phenoxy) is 2. The third-order valence-corrected chi connectivity index (χ3v) is 8.90. The molecule has 2 aromatic carbocycles. The molecule has 0 N–H and O–H groups in total. The van der Waals surface area contributed by atoms with E-state index in [-0.39, 0.29) is 11.3 Å². The molecule has 4 aromatic rings. The number of imidazole rings is 1. The lowest BCUT2D eigenvalue weighted by molar-refractivity contribution is -0.232. The second-order valence-corrected chi connectivity index (χ2v) is 10.4. The van der Waals surface area contributed by atoms with E-state index in [9.17, 15) is 0 Å². The monoisotopic (exact) mass is 477 g/mol. The third-order valence-electron chi connectivity index (χ3n) is 8.90. The summed E-state index contributed by atoms with van der Waals surface area (Å²) in [5, 5.41) is 0. The van der Waals surface area contributed by atoms with Crippen LogP contribution in [0.15, 0.2) is 85.2 Å². The lowest BCUT2D eigenvalue weighted by Crippen LogP contribution is -2.56. The molecule has 0 bridgehead atoms. The van der Waals surface area contributed by atoms with Gasteiger partial charge in [0.05, 0.1) is 18.9 Å². The van der Waals surface area contributed by atoms with Crippen LogP contribution in [0, 0.1) is 11.8 Å². The van der Waals surface area contributed by atoms with Crippen molar-refractivity contribution in [2.45, 2.75) is 43.8 Å². The van der Waals surface area contributed by atoms with E-state index in [0.29, 0.717) is 19.1 Å². The molecule has 5 nitrogen and oxygen atoms in total. The van der Waals surface area contributed by atoms with E-state index < -0.39 is 5.79 Å². The van der Waals surface area contributed by atoms with Crippen LogP contribution in [0.1, 0.15) is 43.1 Å². The van der Waals surface area contributed by atoms with Gasteiger partial charge >= 0.3 is 0 Å². The zero-order chi connectivity index (χ0) is 24.2. The SMILES string of the molecule is C[C@H]1[C@@H]2CCc3c(nc(-c4ccncc4)n3-c3ccccc3)[C@@]2(c2ccccc2)CCC12OCCO2. The molecule has 36 heavy (non-hydrogen) atoms. The lowest BCUT2D eigenvalue weighted by Gasteiger charge is -2.55. The van der Waals surface area contributed by atoms with Gasteiger partial charge in [0.25, 0.3) is 0 Å². The average molecular weight is 478 g/mol. The molecule has 182 valence electrons. The van der Waals surface area contributed by atoms with E-state index >= 15 is 0 Å². The van der Waals surface area contributed by atoms with Crippen molar-refractivity contribution in [2.75, 3.05) is 13.2 Å². The van der Waals surface area contributed by atoms with Crippen LogP contribution < -0.4 is 0 Å². The van der Waals surface area contributed by atoms with Gasteiger partial charge in [0, 0.05) is 47.1 Å². The summed E-state index contributed by atoms with van der Waals surface area (Å²) in [7, 11) is 0. The highest BCUT2D eigenvalue weighted by molar-refractivity contribution is 5.62. The number of aromatic nitrogens is 3. The maximum Gasteiger partial charge on any atom is 0.171 e. The van der Waals surface area contributed by atoms with Gasteiger partial charge in [0.2, 0.25) is 0 Å². The van der Waals surface area contributed by atoms with Crippen LogP contribution in [0.3, 0.4) is 0 Å². The molecular weight excluding hydrogens is 446 g/mol. The Morgan fingerprint density at radius 1 is 0.861 bits per heavy atom. The van der Waals surface area contributed by atoms with Gasteiger partial charge in [0.15, 0.2) is 5.79 Å². The molecule has 7 rings (SSSR count). The molecule has 3 aliphatic rings. The maximum atomic E-state index is 6.32. The highest BCUT2D eigenvalue weighted by atomic mass is 16.7. The molecule has 0 amide bonds. The van der Waals surface area contributed by atoms with Gasteiger partial charge in [-0.1, -0.05) is 55.5 Å². The minimum atomic E-state index is -0.462. The quantitative estimate of drug-likeness (QED) is 0.366. The molecule has 2 aliphatic carbocycles. The van der Waals surface area contributed by atoms with Crippen LogP contribution in [0.5, 0.6) is 0 Å². The molecule has 2 aromatic heterocycles. The van der Waals surface area contributed by atoms with Crippen LogP contribution in [0.2, 0.25) is 0 Å². The Morgan fingerprint density at radius 3 is 2.28 bits per heavy atom. The van der Waals surface area contributed by atoms with E-state index in [1.54, 1.807) is 0 Å². The fourth-order valence-corrected chi connectivity index (χ4v) is 7.30. The van der Waals surface area contributed by atoms with Crippen molar-refractivity contribution >= 4 is 0 Å². The Bertz CT molecular complexity index is 1360. The summed E-state index contributed by atoms with van der Waals surface area (Å²) < 4.78 is 15.0. The molecule has 1 saturated carbocycles. The second-order valence-electron chi connectivity index (χ2n) is 10.4. The number of hydrogen-bond acceptors (Lipinski definition) is 4. The number of benzene rings is 2. The summed E-state index contributed by atoms with van der Waals surface area (Å²) in [5.41, 5.74) is 5.96. The van der Waals surface area contributed by atoms with Crippen LogP contribution in [0.25, 0.3) is 17.1 Å². The van der Waals surface area contributed by atoms with Crippen LogP contribution in [-0.2, 0) is 21.3 Å². The standard InChI is InChI=1S/C31H31N3O2/c1-22-26-12-13-27-28(30(26,24-8-4-2-5-9-24)16-17-31(22)35-20-21-36-31)33-29(23-14-18-32-19-15-23)34(27)25-10-6-3-7-11-25/h2-11,14-15,18-19,22,26H,12-13,16-17,20-21H2,1H3/t22-,26-,30+/m0/s1. The third kappa shape index (κ3) is 3.09. The second kappa shape index (κ2) is 8.39. The van der Waals surface area contributed by atoms with Gasteiger partial charge in [-0.15, -0.1) is 0 Å². The van der Waals surface area contributed by atoms with Gasteiger partial charge in [-0.3, -0.25) is 9.55 Å². The lowest BCUT2D eigenvalue weighted by atomic mass is 9.52. The van der Waals surface area contributed by atoms with Gasteiger partial charge in [-0.2, -0.15) is 0 Å². The van der Waals surface area contributed by atoms with Gasteiger partial charge < -0.3 is 9.47 Å². The molecule has 0 radical (unpaired) electrons. The summed E-state index contributed by atoms with van der Waals surface area (Å²) in [6.45, 7) is 3.72. The first-order valence-electron chi connectivity index (χ1n) is 13.1. The zero-order valence-electron chi connectivity index (χ0n) is 20.6. The molecule has 0 unspecified atom stereocenters. The smallest absolute Gasteiger partial charge is 0.171 e. The van der Waals surface area contributed by atoms with Crippen molar-refractivity contribution in [1.82, 2.24) is 14.5 Å². The van der Waals surface area contributed by atoms with E-state index in [0.717, 1.165) is 42.8 Å². The molecule has 1 saturated heterocycles. The highest BCUT2D eigenvalue weighted by Gasteiger charge is 2.60. The Balaban J connectivity index is 1.49. The van der Waals surface area contributed by atoms with Crippen molar-refractivity contribution < 1.29 is 9.47 Å². The van der Waals surface area contributed by atoms with E-state index in [2.05, 4.69) is 89.3 Å². The minimum absolute atomic E-state index is 0.184. The fourth-order valence-electron chi connectivity index (χ4n) is 7.30. The van der Waals surface area contributed by atoms with Crippen LogP contribution in [-0.4, -0.2) is 33.5 Å². The molecule has 1 aliphatic heterocycles. The van der Waals surface area contributed by atoms with Crippen molar-refractivity contribution in [3.05, 3.63) is 102 Å². The molecular formula is C31H31N3O2. The molecule has 3 atom stereocenters. The summed E-state index contributed by atoms with van der Waals surface area (Å²) in [6, 6.07) is 25.9. The Hall–Kier alpha value is -3.28. The number of hydrogen-bond donors (Lipinski definition) is 0. The topological polar surface area (TPSA) is 49.2 Å². The van der Waals surface area contributed by atoms with E-state index in [4.69, 9.17) is 14.5 Å². The van der Waals surface area contributed by atoms with Crippen molar-refractivity contribution in [1.29, 1.82) is 0 Å². The first kappa shape index (κ1) is 22.0. The number of rotatable bonds is 3. The fraction of sp³-hybridized carbons (Fsp3) is 0.355. The van der Waals surface area contributed by atoms with Gasteiger partial charge in [-0.25, -0.2) is 4.98 Å². The summed E-state index contributed by atoms with van der Waals surface area (Å²) in [5.74, 6) is 1.18. The number of para-hydroxylation sites is 1. The van der Waals surface area contributed by atoms with Crippen molar-refractivity contribution in [2.24, 2.45) is 11.8 Å². The average Bonchev–Trinajstić information content (AvgIpc) is 3.58. The predicted octanol–water partition coefficient (Wildman–Crippen LogP) is 5.96. The summed E-state index contributed by atoms with van der Waals surface area (Å²) in [6.07, 6.45) is 7.60. The summed E-state index contributed by atoms with van der Waals surface area (Å²) in [4.78, 5) is 9.80. The highest BCUT2D eigenvalue weighted by Crippen LogP contribution is 2.60. The maximum absolute atomic E-state index is 6.32. The van der Waals surface area contributed by atoms with E-state index in [1.807, 2.05) is 12.4 Å².